The molecule has 2 saturated heterocycles. The molecule has 2 amide bonds. The van der Waals surface area contributed by atoms with Gasteiger partial charge in [0, 0.05) is 22.5 Å². The van der Waals surface area contributed by atoms with Gasteiger partial charge in [-0.1, -0.05) is 127 Å². The summed E-state index contributed by atoms with van der Waals surface area (Å²) in [5, 5.41) is 3.84. The van der Waals surface area contributed by atoms with Crippen LogP contribution in [0.25, 0.3) is 16.8 Å². The van der Waals surface area contributed by atoms with Gasteiger partial charge in [0.15, 0.2) is 0 Å². The molecule has 10 nitrogen and oxygen atoms in total. The number of hydrogen-bond donors (Lipinski definition) is 2. The summed E-state index contributed by atoms with van der Waals surface area (Å²) >= 11 is 0. The minimum Gasteiger partial charge on any atom is -0.447 e. The number of hydrogen-bond acceptors (Lipinski definition) is 7. The molecule has 1 aromatic heterocycles. The molecule has 6 aliphatic heterocycles. The van der Waals surface area contributed by atoms with Gasteiger partial charge in [0.1, 0.15) is 19.3 Å². The first-order valence-electron chi connectivity index (χ1n) is 21.1. The summed E-state index contributed by atoms with van der Waals surface area (Å²) in [6, 6.07) is 43.4. The van der Waals surface area contributed by atoms with E-state index in [2.05, 4.69) is 71.0 Å². The lowest BCUT2D eigenvalue weighted by atomic mass is 9.97. The number of aromatic nitrogens is 1. The zero-order valence-electron chi connectivity index (χ0n) is 33.7. The van der Waals surface area contributed by atoms with Gasteiger partial charge < -0.3 is 19.8 Å². The molecule has 0 saturated carbocycles. The molecule has 62 heavy (non-hydrogen) atoms. The second-order valence-corrected chi connectivity index (χ2v) is 16.1. The maximum Gasteiger partial charge on any atom is 0.414 e. The lowest BCUT2D eigenvalue weighted by molar-refractivity contribution is 0.150. The van der Waals surface area contributed by atoms with E-state index >= 15 is 0 Å². The van der Waals surface area contributed by atoms with Crippen molar-refractivity contribution in [1.82, 2.24) is 20.1 Å². The number of rotatable bonds is 8. The Morgan fingerprint density at radius 2 is 1.18 bits per heavy atom. The molecule has 5 aromatic rings. The van der Waals surface area contributed by atoms with Crippen LogP contribution in [-0.4, -0.2) is 75.8 Å². The largest absolute Gasteiger partial charge is 0.447 e. The highest BCUT2D eigenvalue weighted by molar-refractivity contribution is 6.32. The summed E-state index contributed by atoms with van der Waals surface area (Å²) in [5.41, 5.74) is 11.7. The molecule has 0 spiro atoms. The fourth-order valence-corrected chi connectivity index (χ4v) is 9.42. The van der Waals surface area contributed by atoms with E-state index in [-0.39, 0.29) is 37.4 Å². The van der Waals surface area contributed by atoms with E-state index in [4.69, 9.17) is 19.5 Å². The normalized spacial score (nSPS) is 26.2. The van der Waals surface area contributed by atoms with E-state index in [1.165, 1.54) is 0 Å². The average Bonchev–Trinajstić information content (AvgIpc) is 4.19. The quantitative estimate of drug-likeness (QED) is 0.163. The summed E-state index contributed by atoms with van der Waals surface area (Å²) in [6.07, 6.45) is 12.7. The molecule has 304 valence electrons. The Balaban J connectivity index is 1.12. The fourth-order valence-electron chi connectivity index (χ4n) is 9.42. The number of benzene rings is 4. The molecular formula is C52H42N6O4. The highest BCUT2D eigenvalue weighted by atomic mass is 16.6. The van der Waals surface area contributed by atoms with Crippen molar-refractivity contribution in [2.24, 2.45) is 9.98 Å². The van der Waals surface area contributed by atoms with Crippen LogP contribution in [0.3, 0.4) is 0 Å². The maximum absolute atomic E-state index is 14.0. The minimum atomic E-state index is -0.520. The van der Waals surface area contributed by atoms with Crippen molar-refractivity contribution in [2.45, 2.75) is 37.0 Å². The standard InChI is InChI=1S/C52H42N6O4/c59-51-57(37(31-61-51)29-33-13-5-1-6-14-33)49-43-25-21-39(53-43)47(35-17-9-3-10-18-35)41-23-27-45(55-41)50(58-38(32-62-52(58)60)30-34-15-7-2-8-16-34)46-28-24-42(56-46)48(36-19-11-4-12-20-36)40-22-26-44(49)54-40/h1-28,37-38,43,49,53,56H,29-32H2/b47-39-,48-40-,50-45+. The van der Waals surface area contributed by atoms with E-state index in [9.17, 15) is 9.59 Å². The molecule has 0 aliphatic carbocycles. The van der Waals surface area contributed by atoms with Crippen LogP contribution < -0.4 is 5.32 Å². The van der Waals surface area contributed by atoms with Gasteiger partial charge in [-0.15, -0.1) is 0 Å². The Morgan fingerprint density at radius 3 is 1.89 bits per heavy atom. The molecule has 10 heteroatoms. The predicted octanol–water partition coefficient (Wildman–Crippen LogP) is 8.91. The van der Waals surface area contributed by atoms with Gasteiger partial charge in [-0.05, 0) is 77.6 Å². The van der Waals surface area contributed by atoms with Crippen LogP contribution in [0.2, 0.25) is 0 Å². The number of nitrogens with zero attached hydrogens (tertiary/aromatic N) is 4. The Labute approximate surface area is 359 Å². The topological polar surface area (TPSA) is 112 Å². The average molecular weight is 815 g/mol. The number of ether oxygens (including phenoxy) is 2. The molecule has 11 rings (SSSR count). The third-order valence-electron chi connectivity index (χ3n) is 12.2. The third-order valence-corrected chi connectivity index (χ3v) is 12.2. The molecular weight excluding hydrogens is 773 g/mol. The SMILES string of the molecule is O=C1OCC(Cc2ccccc2)N1/C1=C2\C=CC(=N2)/C(c2ccccc2)=C2/C=CC(N2)C(N2C(=O)OCC2Cc2ccccc2)C2=N/C(=C(/c3ccccc3)c3ccc1[nH]3)C=C2. The van der Waals surface area contributed by atoms with E-state index < -0.39 is 12.1 Å². The van der Waals surface area contributed by atoms with Gasteiger partial charge in [-0.2, -0.15) is 0 Å². The first-order chi connectivity index (χ1) is 30.6. The molecule has 4 aromatic carbocycles. The number of fused-ring (bicyclic) bond motifs is 6. The summed E-state index contributed by atoms with van der Waals surface area (Å²) in [7, 11) is 0. The maximum atomic E-state index is 14.0. The second kappa shape index (κ2) is 15.7. The minimum absolute atomic E-state index is 0.225. The zero-order valence-corrected chi connectivity index (χ0v) is 33.7. The van der Waals surface area contributed by atoms with Crippen molar-refractivity contribution in [3.8, 4) is 0 Å². The summed E-state index contributed by atoms with van der Waals surface area (Å²) < 4.78 is 11.7. The van der Waals surface area contributed by atoms with Gasteiger partial charge in [0.2, 0.25) is 0 Å². The van der Waals surface area contributed by atoms with Gasteiger partial charge >= 0.3 is 12.2 Å². The van der Waals surface area contributed by atoms with E-state index in [1.807, 2.05) is 114 Å². The smallest absolute Gasteiger partial charge is 0.414 e. The number of amides is 2. The van der Waals surface area contributed by atoms with Crippen LogP contribution in [0.15, 0.2) is 197 Å². The molecule has 2 fully saturated rings. The molecule has 0 radical (unpaired) electrons. The summed E-state index contributed by atoms with van der Waals surface area (Å²) in [6.45, 7) is 0.516. The number of aliphatic imine (C=N–C) groups is 2. The molecule has 4 atom stereocenters. The number of nitrogens with one attached hydrogen (secondary N) is 2. The lowest BCUT2D eigenvalue weighted by Crippen LogP contribution is -2.55. The van der Waals surface area contributed by atoms with Crippen molar-refractivity contribution in [3.05, 3.63) is 221 Å². The summed E-state index contributed by atoms with van der Waals surface area (Å²) in [5.74, 6) is 0. The Kier molecular flexibility index (Phi) is 9.45. The van der Waals surface area contributed by atoms with Gasteiger partial charge in [-0.25, -0.2) is 14.6 Å². The third kappa shape index (κ3) is 6.79. The van der Waals surface area contributed by atoms with Gasteiger partial charge in [-0.3, -0.25) is 14.8 Å². The number of cyclic esters (lactones) is 2. The monoisotopic (exact) mass is 814 g/mol. The van der Waals surface area contributed by atoms with Crippen molar-refractivity contribution >= 4 is 40.5 Å². The van der Waals surface area contributed by atoms with E-state index in [1.54, 1.807) is 4.90 Å². The van der Waals surface area contributed by atoms with E-state index in [0.29, 0.717) is 29.9 Å². The molecule has 7 heterocycles. The van der Waals surface area contributed by atoms with Crippen molar-refractivity contribution in [2.75, 3.05) is 13.2 Å². The highest BCUT2D eigenvalue weighted by Crippen LogP contribution is 2.39. The van der Waals surface area contributed by atoms with Crippen molar-refractivity contribution in [3.63, 3.8) is 0 Å². The van der Waals surface area contributed by atoms with Crippen LogP contribution in [0.5, 0.6) is 0 Å². The summed E-state index contributed by atoms with van der Waals surface area (Å²) in [4.78, 5) is 46.1. The number of aromatic amines is 1. The van der Waals surface area contributed by atoms with Crippen LogP contribution in [0.4, 0.5) is 9.59 Å². The van der Waals surface area contributed by atoms with Crippen molar-refractivity contribution < 1.29 is 19.1 Å². The highest BCUT2D eigenvalue weighted by Gasteiger charge is 2.45. The number of carbonyl (C=O) groups is 2. The van der Waals surface area contributed by atoms with Crippen LogP contribution in [0.1, 0.15) is 33.6 Å². The number of carbonyl (C=O) groups excluding carboxylic acids is 2. The first kappa shape index (κ1) is 37.3. The zero-order chi connectivity index (χ0) is 41.6. The molecule has 2 N–H and O–H groups in total. The van der Waals surface area contributed by atoms with Gasteiger partial charge in [0.05, 0.1) is 52.3 Å². The Morgan fingerprint density at radius 1 is 0.581 bits per heavy atom. The number of H-pyrrole nitrogens is 1. The predicted molar refractivity (Wildman–Crippen MR) is 241 cm³/mol. The first-order valence-corrected chi connectivity index (χ1v) is 21.1. The Bertz CT molecular complexity index is 2830. The van der Waals surface area contributed by atoms with E-state index in [0.717, 1.165) is 61.9 Å². The lowest BCUT2D eigenvalue weighted by Gasteiger charge is -2.34. The number of allylic oxidation sites excluding steroid dienone is 5. The van der Waals surface area contributed by atoms with Crippen LogP contribution in [-0.2, 0) is 22.3 Å². The Hall–Kier alpha value is -7.72. The molecule has 6 aliphatic rings. The van der Waals surface area contributed by atoms with Crippen LogP contribution >= 0.6 is 0 Å². The van der Waals surface area contributed by atoms with Gasteiger partial charge in [0.25, 0.3) is 0 Å². The van der Waals surface area contributed by atoms with Crippen molar-refractivity contribution in [1.29, 1.82) is 0 Å². The second-order valence-electron chi connectivity index (χ2n) is 16.1. The fraction of sp³-hybridized carbons (Fsp3) is 0.154. The molecule has 8 bridgehead atoms. The van der Waals surface area contributed by atoms with Crippen LogP contribution in [0, 0.1) is 0 Å². The molecule has 4 unspecified atom stereocenters.